The first kappa shape index (κ1) is 25.6. The third-order valence-corrected chi connectivity index (χ3v) is 4.43. The summed E-state index contributed by atoms with van der Waals surface area (Å²) in [6.45, 7) is 0. The number of halogens is 1. The molecule has 4 rings (SSSR count). The van der Waals surface area contributed by atoms with Crippen molar-refractivity contribution in [3.8, 4) is 28.9 Å². The summed E-state index contributed by atoms with van der Waals surface area (Å²) < 4.78 is 25.7. The molecule has 0 atom stereocenters. The van der Waals surface area contributed by atoms with Crippen LogP contribution >= 0.6 is 11.6 Å². The fraction of sp³-hybridized carbons (Fsp3) is 0.273. The smallest absolute Gasteiger partial charge is 0.232 e. The number of aliphatic hydroxyl groups is 1. The summed E-state index contributed by atoms with van der Waals surface area (Å²) in [5.74, 6) is 2.97. The molecule has 0 aliphatic carbocycles. The molecule has 2 aromatic carbocycles. The number of nitrogens with zero attached hydrogens (tertiary/aromatic N) is 4. The summed E-state index contributed by atoms with van der Waals surface area (Å²) in [6.07, 6.45) is 3.06. The molecule has 176 valence electrons. The van der Waals surface area contributed by atoms with Crippen LogP contribution in [-0.4, -0.2) is 67.7 Å². The molecule has 0 unspecified atom stereocenters. The average Bonchev–Trinajstić information content (AvgIpc) is 2.87. The first-order valence-electron chi connectivity index (χ1n) is 9.44. The molecule has 4 aromatic rings. The maximum Gasteiger partial charge on any atom is 0.232 e. The van der Waals surface area contributed by atoms with Gasteiger partial charge in [0.05, 0.1) is 70.0 Å². The van der Waals surface area contributed by atoms with Gasteiger partial charge in [0.15, 0.2) is 23.0 Å². The Labute approximate surface area is 196 Å². The monoisotopic (exact) mass is 476 g/mol. The minimum absolute atomic E-state index is 0.356. The molecule has 11 heteroatoms. The van der Waals surface area contributed by atoms with Crippen LogP contribution in [0.15, 0.2) is 36.7 Å². The van der Waals surface area contributed by atoms with Gasteiger partial charge in [0.25, 0.3) is 0 Å². The van der Waals surface area contributed by atoms with Gasteiger partial charge in [-0.05, 0) is 0 Å². The molecule has 10 nitrogen and oxygen atoms in total. The maximum atomic E-state index is 7.00. The third-order valence-electron chi connectivity index (χ3n) is 4.25. The van der Waals surface area contributed by atoms with Gasteiger partial charge in [0.1, 0.15) is 5.15 Å². The van der Waals surface area contributed by atoms with Crippen LogP contribution < -0.4 is 23.7 Å². The second-order valence-corrected chi connectivity index (χ2v) is 6.38. The summed E-state index contributed by atoms with van der Waals surface area (Å²) in [6, 6.07) is 7.05. The third kappa shape index (κ3) is 6.21. The number of benzene rings is 2. The van der Waals surface area contributed by atoms with E-state index in [0.717, 1.165) is 18.1 Å². The molecule has 0 radical (unpaired) electrons. The van der Waals surface area contributed by atoms with Gasteiger partial charge in [-0.2, -0.15) is 0 Å². The van der Waals surface area contributed by atoms with Crippen LogP contribution in [0.2, 0.25) is 5.15 Å². The zero-order valence-corrected chi connectivity index (χ0v) is 19.9. The van der Waals surface area contributed by atoms with Gasteiger partial charge in [0.2, 0.25) is 5.88 Å². The van der Waals surface area contributed by atoms with Crippen molar-refractivity contribution in [2.75, 3.05) is 42.7 Å². The van der Waals surface area contributed by atoms with E-state index in [1.165, 1.54) is 6.20 Å². The Morgan fingerprint density at radius 3 is 1.39 bits per heavy atom. The quantitative estimate of drug-likeness (QED) is 0.458. The van der Waals surface area contributed by atoms with E-state index < -0.39 is 0 Å². The van der Waals surface area contributed by atoms with Crippen molar-refractivity contribution in [2.24, 2.45) is 0 Å². The number of aromatic nitrogens is 4. The lowest BCUT2D eigenvalue weighted by Gasteiger charge is -2.08. The van der Waals surface area contributed by atoms with Crippen molar-refractivity contribution in [3.63, 3.8) is 0 Å². The summed E-state index contributed by atoms with van der Waals surface area (Å²) in [7, 11) is 8.86. The van der Waals surface area contributed by atoms with Gasteiger partial charge in [-0.3, -0.25) is 4.98 Å². The van der Waals surface area contributed by atoms with Crippen molar-refractivity contribution in [1.82, 2.24) is 19.9 Å². The molecular weight excluding hydrogens is 452 g/mol. The van der Waals surface area contributed by atoms with E-state index in [1.54, 1.807) is 66.0 Å². The zero-order chi connectivity index (χ0) is 24.4. The molecule has 33 heavy (non-hydrogen) atoms. The summed E-state index contributed by atoms with van der Waals surface area (Å²) >= 11 is 5.74. The van der Waals surface area contributed by atoms with E-state index in [0.29, 0.717) is 45.1 Å². The fourth-order valence-electron chi connectivity index (χ4n) is 2.74. The Bertz CT molecular complexity index is 1210. The highest BCUT2D eigenvalue weighted by atomic mass is 35.5. The molecule has 0 amide bonds. The Kier molecular flexibility index (Phi) is 9.64. The van der Waals surface area contributed by atoms with E-state index in [-0.39, 0.29) is 0 Å². The maximum absolute atomic E-state index is 7.00. The van der Waals surface area contributed by atoms with Gasteiger partial charge in [0, 0.05) is 31.4 Å². The van der Waals surface area contributed by atoms with Crippen LogP contribution in [0.1, 0.15) is 0 Å². The summed E-state index contributed by atoms with van der Waals surface area (Å²) in [5.41, 5.74) is 2.84. The van der Waals surface area contributed by atoms with E-state index in [2.05, 4.69) is 19.9 Å². The topological polar surface area (TPSA) is 118 Å². The molecule has 0 aliphatic rings. The molecule has 1 N–H and O–H groups in total. The first-order valence-corrected chi connectivity index (χ1v) is 9.82. The van der Waals surface area contributed by atoms with Gasteiger partial charge >= 0.3 is 0 Å². The molecule has 0 aliphatic heterocycles. The van der Waals surface area contributed by atoms with Gasteiger partial charge in [-0.15, -0.1) is 0 Å². The molecule has 0 fully saturated rings. The van der Waals surface area contributed by atoms with Crippen LogP contribution in [0.5, 0.6) is 28.9 Å². The van der Waals surface area contributed by atoms with Crippen LogP contribution in [0.3, 0.4) is 0 Å². The number of rotatable bonds is 5. The lowest BCUT2D eigenvalue weighted by molar-refractivity contribution is 0.355. The van der Waals surface area contributed by atoms with Crippen molar-refractivity contribution < 1.29 is 28.8 Å². The number of fused-ring (bicyclic) bond motifs is 2. The normalized spacial score (nSPS) is 9.82. The molecule has 0 saturated heterocycles. The van der Waals surface area contributed by atoms with Crippen LogP contribution in [-0.2, 0) is 0 Å². The number of hydrogen-bond acceptors (Lipinski definition) is 10. The highest BCUT2D eigenvalue weighted by Crippen LogP contribution is 2.31. The van der Waals surface area contributed by atoms with Crippen molar-refractivity contribution in [3.05, 3.63) is 41.8 Å². The first-order chi connectivity index (χ1) is 16.0. The Morgan fingerprint density at radius 2 is 0.970 bits per heavy atom. The highest BCUT2D eigenvalue weighted by Gasteiger charge is 2.09. The largest absolute Gasteiger partial charge is 0.493 e. The fourth-order valence-corrected chi connectivity index (χ4v) is 2.88. The van der Waals surface area contributed by atoms with Crippen molar-refractivity contribution >= 4 is 33.7 Å². The van der Waals surface area contributed by atoms with Gasteiger partial charge < -0.3 is 28.8 Å². The predicted octanol–water partition coefficient (Wildman–Crippen LogP) is 3.56. The van der Waals surface area contributed by atoms with Crippen LogP contribution in [0.4, 0.5) is 0 Å². The van der Waals surface area contributed by atoms with E-state index in [9.17, 15) is 0 Å². The Morgan fingerprint density at radius 1 is 0.576 bits per heavy atom. The second-order valence-electron chi connectivity index (χ2n) is 6.00. The molecule has 0 bridgehead atoms. The molecule has 0 spiro atoms. The highest BCUT2D eigenvalue weighted by molar-refractivity contribution is 6.29. The standard InChI is InChI=1S/C11H12N2O3.C10H9ClN2O2.CH4O/c1-14-9-4-7-8(5-10(9)15-2)13-11(16-3)6-12-7;1-14-8-3-6-7(4-9(8)15-2)13-10(11)5-12-6;1-2/h4-6H,1-3H3;3-5H,1-2H3;2H,1H3. The SMILES string of the molecule is CO.COc1cc2ncc(Cl)nc2cc1OC.COc1cnc2cc(OC)c(OC)cc2n1. The molecule has 2 heterocycles. The summed E-state index contributed by atoms with van der Waals surface area (Å²) in [5, 5.41) is 7.36. The lowest BCUT2D eigenvalue weighted by Crippen LogP contribution is -1.94. The van der Waals surface area contributed by atoms with Crippen LogP contribution in [0, 0.1) is 0 Å². The van der Waals surface area contributed by atoms with E-state index in [4.69, 9.17) is 40.4 Å². The van der Waals surface area contributed by atoms with E-state index in [1.807, 2.05) is 0 Å². The molecular formula is C22H25ClN4O6. The van der Waals surface area contributed by atoms with Gasteiger partial charge in [-0.1, -0.05) is 11.6 Å². The number of aliphatic hydroxyl groups excluding tert-OH is 1. The number of methoxy groups -OCH3 is 5. The predicted molar refractivity (Wildman–Crippen MR) is 125 cm³/mol. The number of hydrogen-bond donors (Lipinski definition) is 1. The molecule has 0 saturated carbocycles. The van der Waals surface area contributed by atoms with Gasteiger partial charge in [-0.25, -0.2) is 15.0 Å². The summed E-state index contributed by atoms with van der Waals surface area (Å²) in [4.78, 5) is 16.7. The van der Waals surface area contributed by atoms with Crippen molar-refractivity contribution in [1.29, 1.82) is 0 Å². The Balaban J connectivity index is 0.000000218. The second kappa shape index (κ2) is 12.4. The van der Waals surface area contributed by atoms with Crippen LogP contribution in [0.25, 0.3) is 22.1 Å². The molecule has 2 aromatic heterocycles. The van der Waals surface area contributed by atoms with E-state index >= 15 is 0 Å². The number of ether oxygens (including phenoxy) is 5. The zero-order valence-electron chi connectivity index (χ0n) is 19.1. The average molecular weight is 477 g/mol. The minimum Gasteiger partial charge on any atom is -0.493 e. The van der Waals surface area contributed by atoms with Crippen molar-refractivity contribution in [2.45, 2.75) is 0 Å². The lowest BCUT2D eigenvalue weighted by atomic mass is 10.2. The Hall–Kier alpha value is -3.63. The minimum atomic E-state index is 0.356.